The summed E-state index contributed by atoms with van der Waals surface area (Å²) in [6.07, 6.45) is 6.72. The van der Waals surface area contributed by atoms with E-state index in [0.717, 1.165) is 24.1 Å². The maximum Gasteiger partial charge on any atom is 0.387 e. The van der Waals surface area contributed by atoms with E-state index in [1.165, 1.54) is 31.4 Å². The second-order valence-electron chi connectivity index (χ2n) is 5.74. The first-order valence-electron chi connectivity index (χ1n) is 8.26. The minimum absolute atomic E-state index is 0.131. The topological polar surface area (TPSA) is 45.7 Å². The molecule has 2 N–H and O–H groups in total. The monoisotopic (exact) mass is 355 g/mol. The smallest absolute Gasteiger partial charge is 0.387 e. The van der Waals surface area contributed by atoms with Gasteiger partial charge in [0, 0.05) is 6.04 Å². The normalized spacial score (nSPS) is 16.1. The van der Waals surface area contributed by atoms with Crippen molar-refractivity contribution < 1.29 is 13.5 Å². The van der Waals surface area contributed by atoms with Gasteiger partial charge in [0.05, 0.1) is 5.71 Å². The zero-order valence-electron chi connectivity index (χ0n) is 13.7. The molecule has 24 heavy (non-hydrogen) atoms. The molecule has 132 valence electrons. The van der Waals surface area contributed by atoms with Crippen LogP contribution in [0, 0.1) is 0 Å². The van der Waals surface area contributed by atoms with Crippen molar-refractivity contribution in [3.05, 3.63) is 29.8 Å². The van der Waals surface area contributed by atoms with Crippen molar-refractivity contribution in [1.82, 2.24) is 10.7 Å². The Balaban J connectivity index is 1.91. The summed E-state index contributed by atoms with van der Waals surface area (Å²) in [4.78, 5) is 0. The summed E-state index contributed by atoms with van der Waals surface area (Å²) in [7, 11) is 0. The summed E-state index contributed by atoms with van der Waals surface area (Å²) in [6.45, 7) is -0.845. The Kier molecular flexibility index (Phi) is 7.36. The summed E-state index contributed by atoms with van der Waals surface area (Å²) >= 11 is 5.29. The van der Waals surface area contributed by atoms with Gasteiger partial charge in [-0.25, -0.2) is 0 Å². The van der Waals surface area contributed by atoms with Crippen LogP contribution < -0.4 is 15.5 Å². The van der Waals surface area contributed by atoms with Crippen LogP contribution in [0.25, 0.3) is 0 Å². The molecule has 1 aromatic rings. The molecular weight excluding hydrogens is 332 g/mol. The fourth-order valence-electron chi connectivity index (χ4n) is 2.76. The third kappa shape index (κ3) is 6.03. The molecule has 1 fully saturated rings. The number of rotatable bonds is 6. The van der Waals surface area contributed by atoms with Crippen LogP contribution in [0.3, 0.4) is 0 Å². The van der Waals surface area contributed by atoms with Gasteiger partial charge in [0.15, 0.2) is 5.11 Å². The molecule has 4 nitrogen and oxygen atoms in total. The van der Waals surface area contributed by atoms with Crippen LogP contribution in [0.15, 0.2) is 29.4 Å². The van der Waals surface area contributed by atoms with E-state index in [-0.39, 0.29) is 5.75 Å². The Morgan fingerprint density at radius 2 is 1.92 bits per heavy atom. The molecule has 0 heterocycles. The van der Waals surface area contributed by atoms with Crippen molar-refractivity contribution >= 4 is 23.0 Å². The minimum atomic E-state index is -2.82. The highest BCUT2D eigenvalue weighted by Crippen LogP contribution is 2.17. The number of nitrogens with zero attached hydrogens (tertiary/aromatic N) is 1. The van der Waals surface area contributed by atoms with Crippen LogP contribution in [-0.4, -0.2) is 23.5 Å². The molecule has 0 spiro atoms. The number of hydrazone groups is 1. The molecule has 1 aromatic carbocycles. The molecule has 0 amide bonds. The largest absolute Gasteiger partial charge is 0.435 e. The predicted molar refractivity (Wildman–Crippen MR) is 95.6 cm³/mol. The zero-order chi connectivity index (χ0) is 17.4. The highest BCUT2D eigenvalue weighted by Gasteiger charge is 2.13. The van der Waals surface area contributed by atoms with Gasteiger partial charge in [-0.15, -0.1) is 0 Å². The van der Waals surface area contributed by atoms with E-state index in [2.05, 4.69) is 20.6 Å². The first kappa shape index (κ1) is 18.6. The fourth-order valence-corrected chi connectivity index (χ4v) is 2.97. The number of hydrogen-bond donors (Lipinski definition) is 2. The van der Waals surface area contributed by atoms with Crippen LogP contribution in [0.4, 0.5) is 8.78 Å². The molecule has 0 aromatic heterocycles. The zero-order valence-corrected chi connectivity index (χ0v) is 14.5. The SMILES string of the molecule is CC/C(=N/NC(=S)NC1CCCCC1)c1ccc(OC(F)F)cc1. The van der Waals surface area contributed by atoms with Crippen molar-refractivity contribution in [1.29, 1.82) is 0 Å². The van der Waals surface area contributed by atoms with Gasteiger partial charge in [0.2, 0.25) is 0 Å². The number of ether oxygens (including phenoxy) is 1. The second kappa shape index (κ2) is 9.52. The number of thiocarbonyl (C=S) groups is 1. The number of hydrogen-bond acceptors (Lipinski definition) is 3. The molecule has 0 bridgehead atoms. The van der Waals surface area contributed by atoms with Crippen LogP contribution >= 0.6 is 12.2 Å². The molecule has 0 saturated heterocycles. The Morgan fingerprint density at radius 1 is 1.25 bits per heavy atom. The summed E-state index contributed by atoms with van der Waals surface area (Å²) in [6, 6.07) is 6.85. The number of halogens is 2. The van der Waals surface area contributed by atoms with Crippen LogP contribution in [0.2, 0.25) is 0 Å². The Morgan fingerprint density at radius 3 is 2.50 bits per heavy atom. The summed E-state index contributed by atoms with van der Waals surface area (Å²) in [5, 5.41) is 8.15. The van der Waals surface area contributed by atoms with E-state index in [1.807, 2.05) is 6.92 Å². The quantitative estimate of drug-likeness (QED) is 0.456. The molecule has 1 aliphatic carbocycles. The van der Waals surface area contributed by atoms with Gasteiger partial charge < -0.3 is 10.1 Å². The van der Waals surface area contributed by atoms with Crippen molar-refractivity contribution in [2.45, 2.75) is 58.1 Å². The van der Waals surface area contributed by atoms with Crippen LogP contribution in [0.5, 0.6) is 5.75 Å². The number of benzene rings is 1. The maximum absolute atomic E-state index is 12.2. The Hall–Kier alpha value is -1.76. The van der Waals surface area contributed by atoms with Gasteiger partial charge in [0.25, 0.3) is 0 Å². The van der Waals surface area contributed by atoms with Gasteiger partial charge in [0.1, 0.15) is 5.75 Å². The lowest BCUT2D eigenvalue weighted by atomic mass is 9.96. The molecule has 7 heteroatoms. The highest BCUT2D eigenvalue weighted by atomic mass is 32.1. The molecule has 0 aliphatic heterocycles. The van der Waals surface area contributed by atoms with E-state index in [1.54, 1.807) is 12.1 Å². The van der Waals surface area contributed by atoms with Gasteiger partial charge >= 0.3 is 6.61 Å². The molecule has 0 unspecified atom stereocenters. The molecular formula is C17H23F2N3OS. The van der Waals surface area contributed by atoms with Gasteiger partial charge in [-0.05, 0) is 61.3 Å². The van der Waals surface area contributed by atoms with Gasteiger partial charge in [-0.1, -0.05) is 26.2 Å². The Labute approximate surface area is 146 Å². The maximum atomic E-state index is 12.2. The number of nitrogens with one attached hydrogen (secondary N) is 2. The van der Waals surface area contributed by atoms with Crippen LogP contribution in [-0.2, 0) is 0 Å². The van der Waals surface area contributed by atoms with E-state index < -0.39 is 6.61 Å². The van der Waals surface area contributed by atoms with Gasteiger partial charge in [-0.3, -0.25) is 5.43 Å². The van der Waals surface area contributed by atoms with Gasteiger partial charge in [-0.2, -0.15) is 13.9 Å². The van der Waals surface area contributed by atoms with E-state index in [4.69, 9.17) is 12.2 Å². The lowest BCUT2D eigenvalue weighted by molar-refractivity contribution is -0.0498. The van der Waals surface area contributed by atoms with Crippen molar-refractivity contribution in [3.63, 3.8) is 0 Å². The van der Waals surface area contributed by atoms with E-state index >= 15 is 0 Å². The van der Waals surface area contributed by atoms with E-state index in [0.29, 0.717) is 17.6 Å². The third-order valence-corrected chi connectivity index (χ3v) is 4.19. The third-order valence-electron chi connectivity index (χ3n) is 3.98. The predicted octanol–water partition coefficient (Wildman–Crippen LogP) is 4.20. The van der Waals surface area contributed by atoms with Crippen molar-refractivity contribution in [2.24, 2.45) is 5.10 Å². The minimum Gasteiger partial charge on any atom is -0.435 e. The van der Waals surface area contributed by atoms with Crippen molar-refractivity contribution in [2.75, 3.05) is 0 Å². The first-order chi connectivity index (χ1) is 11.6. The number of alkyl halides is 2. The lowest BCUT2D eigenvalue weighted by Crippen LogP contribution is -2.41. The Bertz CT molecular complexity index is 557. The fraction of sp³-hybridized carbons (Fsp3) is 0.529. The second-order valence-corrected chi connectivity index (χ2v) is 6.14. The lowest BCUT2D eigenvalue weighted by Gasteiger charge is -2.23. The first-order valence-corrected chi connectivity index (χ1v) is 8.67. The average molecular weight is 355 g/mol. The summed E-state index contributed by atoms with van der Waals surface area (Å²) in [5.41, 5.74) is 4.52. The molecule has 2 rings (SSSR count). The standard InChI is InChI=1S/C17H23F2N3OS/c1-2-15(12-8-10-14(11-9-12)23-16(18)19)21-22-17(24)20-13-6-4-3-5-7-13/h8-11,13,16H,2-7H2,1H3,(H2,20,22,24)/b21-15-. The molecule has 1 saturated carbocycles. The molecule has 0 atom stereocenters. The molecule has 0 radical (unpaired) electrons. The highest BCUT2D eigenvalue weighted by molar-refractivity contribution is 7.80. The molecule has 1 aliphatic rings. The average Bonchev–Trinajstić information content (AvgIpc) is 2.57. The van der Waals surface area contributed by atoms with Crippen LogP contribution in [0.1, 0.15) is 51.0 Å². The van der Waals surface area contributed by atoms with Crippen molar-refractivity contribution in [3.8, 4) is 5.75 Å². The van der Waals surface area contributed by atoms with E-state index in [9.17, 15) is 8.78 Å². The summed E-state index contributed by atoms with van der Waals surface area (Å²) in [5.74, 6) is 0.131. The summed E-state index contributed by atoms with van der Waals surface area (Å²) < 4.78 is 28.7.